The van der Waals surface area contributed by atoms with Crippen LogP contribution in [0.15, 0.2) is 39.6 Å². The normalized spacial score (nSPS) is 12.9. The number of nitrogens with zero attached hydrogens (tertiary/aromatic N) is 4. The zero-order valence-electron chi connectivity index (χ0n) is 8.67. The average Bonchev–Trinajstić information content (AvgIpc) is 2.28. The number of aliphatic imine (C=N–C) groups is 1. The summed E-state index contributed by atoms with van der Waals surface area (Å²) in [7, 11) is 0. The van der Waals surface area contributed by atoms with Gasteiger partial charge in [0.2, 0.25) is 0 Å². The average molecular weight is 206 g/mol. The summed E-state index contributed by atoms with van der Waals surface area (Å²) in [5, 5.41) is 16.7. The summed E-state index contributed by atoms with van der Waals surface area (Å²) >= 11 is 0. The van der Waals surface area contributed by atoms with E-state index in [0.717, 1.165) is 0 Å². The third-order valence-electron chi connectivity index (χ3n) is 1.78. The highest BCUT2D eigenvalue weighted by Crippen LogP contribution is 1.84. The number of aliphatic hydroxyl groups is 1. The Morgan fingerprint density at radius 1 is 1.53 bits per heavy atom. The lowest BCUT2D eigenvalue weighted by Crippen LogP contribution is -2.20. The van der Waals surface area contributed by atoms with Crippen LogP contribution in [0.5, 0.6) is 0 Å². The van der Waals surface area contributed by atoms with Crippen molar-refractivity contribution < 1.29 is 5.11 Å². The minimum atomic E-state index is 0.0691. The predicted octanol–water partition coefficient (Wildman–Crippen LogP) is 0.415. The quantitative estimate of drug-likeness (QED) is 0.434. The third kappa shape index (κ3) is 3.47. The maximum absolute atomic E-state index is 8.84. The summed E-state index contributed by atoms with van der Waals surface area (Å²) < 4.78 is 1.81. The zero-order valence-corrected chi connectivity index (χ0v) is 8.67. The minimum absolute atomic E-state index is 0.0691. The van der Waals surface area contributed by atoms with Crippen LogP contribution in [0.25, 0.3) is 0 Å². The molecule has 0 radical (unpaired) electrons. The van der Waals surface area contributed by atoms with E-state index in [-0.39, 0.29) is 6.61 Å². The molecule has 1 aromatic heterocycles. The molecule has 0 spiro atoms. The number of aromatic nitrogens is 1. The van der Waals surface area contributed by atoms with Gasteiger partial charge in [0, 0.05) is 12.7 Å². The Labute approximate surface area is 88.1 Å². The van der Waals surface area contributed by atoms with Gasteiger partial charge in [-0.1, -0.05) is 6.07 Å². The predicted molar refractivity (Wildman–Crippen MR) is 59.7 cm³/mol. The first-order valence-electron chi connectivity index (χ1n) is 4.59. The van der Waals surface area contributed by atoms with E-state index in [1.54, 1.807) is 11.5 Å². The molecule has 5 heteroatoms. The van der Waals surface area contributed by atoms with Crippen LogP contribution in [0.3, 0.4) is 0 Å². The first-order valence-corrected chi connectivity index (χ1v) is 4.59. The number of amidine groups is 1. The first kappa shape index (κ1) is 11.3. The Hall–Kier alpha value is -1.75. The molecule has 0 aliphatic rings. The molecule has 1 aromatic rings. The fourth-order valence-corrected chi connectivity index (χ4v) is 1.01. The molecular formula is C10H14N4O. The van der Waals surface area contributed by atoms with Gasteiger partial charge in [0.25, 0.3) is 0 Å². The smallest absolute Gasteiger partial charge is 0.155 e. The van der Waals surface area contributed by atoms with Crippen molar-refractivity contribution in [3.63, 3.8) is 0 Å². The fraction of sp³-hybridized carbons (Fsp3) is 0.300. The van der Waals surface area contributed by atoms with Gasteiger partial charge in [0.05, 0.1) is 6.61 Å². The van der Waals surface area contributed by atoms with Crippen LogP contribution in [-0.4, -0.2) is 28.8 Å². The monoisotopic (exact) mass is 206 g/mol. The number of aliphatic hydroxyl groups excluding tert-OH is 1. The molecule has 1 rings (SSSR count). The van der Waals surface area contributed by atoms with Crippen molar-refractivity contribution in [1.29, 1.82) is 0 Å². The van der Waals surface area contributed by atoms with Crippen LogP contribution in [-0.2, 0) is 6.54 Å². The fourth-order valence-electron chi connectivity index (χ4n) is 1.01. The van der Waals surface area contributed by atoms with Gasteiger partial charge in [-0.2, -0.15) is 0 Å². The Morgan fingerprint density at radius 3 is 3.00 bits per heavy atom. The van der Waals surface area contributed by atoms with Gasteiger partial charge in [0.1, 0.15) is 5.84 Å². The van der Waals surface area contributed by atoms with Crippen molar-refractivity contribution in [3.05, 3.63) is 29.9 Å². The molecule has 1 N–H and O–H groups in total. The summed E-state index contributed by atoms with van der Waals surface area (Å²) in [4.78, 5) is 3.63. The maximum Gasteiger partial charge on any atom is 0.155 e. The molecule has 0 fully saturated rings. The highest BCUT2D eigenvalue weighted by molar-refractivity contribution is 5.83. The highest BCUT2D eigenvalue weighted by atomic mass is 16.3. The minimum Gasteiger partial charge on any atom is -0.395 e. The maximum atomic E-state index is 8.84. The largest absolute Gasteiger partial charge is 0.395 e. The molecule has 0 amide bonds. The SMILES string of the molecule is C=N/C(C)=N/N=c1\ccccn1CCO. The molecule has 15 heavy (non-hydrogen) atoms. The molecule has 1 heterocycles. The van der Waals surface area contributed by atoms with Crippen LogP contribution < -0.4 is 5.49 Å². The van der Waals surface area contributed by atoms with Gasteiger partial charge in [-0.15, -0.1) is 10.2 Å². The van der Waals surface area contributed by atoms with Gasteiger partial charge >= 0.3 is 0 Å². The summed E-state index contributed by atoms with van der Waals surface area (Å²) in [5.74, 6) is 0.509. The summed E-state index contributed by atoms with van der Waals surface area (Å²) in [6.45, 7) is 5.63. The number of pyridine rings is 1. The molecule has 0 unspecified atom stereocenters. The van der Waals surface area contributed by atoms with E-state index in [9.17, 15) is 0 Å². The van der Waals surface area contributed by atoms with Crippen molar-refractivity contribution in [2.75, 3.05) is 6.61 Å². The van der Waals surface area contributed by atoms with Crippen molar-refractivity contribution in [2.24, 2.45) is 15.2 Å². The molecule has 0 saturated heterocycles. The number of hydrogen-bond acceptors (Lipinski definition) is 3. The topological polar surface area (TPSA) is 62.2 Å². The van der Waals surface area contributed by atoms with E-state index in [1.807, 2.05) is 24.4 Å². The van der Waals surface area contributed by atoms with Crippen LogP contribution in [0.1, 0.15) is 6.92 Å². The van der Waals surface area contributed by atoms with Gasteiger partial charge in [-0.25, -0.2) is 4.99 Å². The Kier molecular flexibility index (Phi) is 4.43. The molecule has 0 aliphatic carbocycles. The standard InChI is InChI=1S/C10H14N4O/c1-9(11-2)12-13-10-5-3-4-6-14(10)7-8-15/h3-6,15H,2,7-8H2,1H3/b12-9+,13-10+. The first-order chi connectivity index (χ1) is 7.27. The van der Waals surface area contributed by atoms with Crippen molar-refractivity contribution in [2.45, 2.75) is 13.5 Å². The van der Waals surface area contributed by atoms with E-state index in [0.29, 0.717) is 17.9 Å². The van der Waals surface area contributed by atoms with Gasteiger partial charge in [-0.05, 0) is 25.8 Å². The van der Waals surface area contributed by atoms with Crippen LogP contribution in [0.2, 0.25) is 0 Å². The number of rotatable bonds is 3. The molecule has 80 valence electrons. The second-order valence-corrected chi connectivity index (χ2v) is 2.88. The third-order valence-corrected chi connectivity index (χ3v) is 1.78. The van der Waals surface area contributed by atoms with Gasteiger partial charge in [0.15, 0.2) is 5.49 Å². The summed E-state index contributed by atoms with van der Waals surface area (Å²) in [5.41, 5.74) is 0.676. The van der Waals surface area contributed by atoms with Crippen LogP contribution in [0, 0.1) is 0 Å². The number of hydrogen-bond donors (Lipinski definition) is 1. The molecule has 5 nitrogen and oxygen atoms in total. The Morgan fingerprint density at radius 2 is 2.33 bits per heavy atom. The summed E-state index contributed by atoms with van der Waals surface area (Å²) in [6.07, 6.45) is 1.83. The van der Waals surface area contributed by atoms with Crippen molar-refractivity contribution in [1.82, 2.24) is 4.57 Å². The van der Waals surface area contributed by atoms with E-state index >= 15 is 0 Å². The second-order valence-electron chi connectivity index (χ2n) is 2.88. The molecule has 0 aliphatic heterocycles. The molecule has 0 atom stereocenters. The van der Waals surface area contributed by atoms with Crippen molar-refractivity contribution in [3.8, 4) is 0 Å². The van der Waals surface area contributed by atoms with Crippen molar-refractivity contribution >= 4 is 12.6 Å². The highest BCUT2D eigenvalue weighted by Gasteiger charge is 1.90. The van der Waals surface area contributed by atoms with E-state index < -0.39 is 0 Å². The Balaban J connectivity index is 3.07. The lowest BCUT2D eigenvalue weighted by molar-refractivity contribution is 0.273. The van der Waals surface area contributed by atoms with Gasteiger partial charge in [-0.3, -0.25) is 0 Å². The van der Waals surface area contributed by atoms with E-state index in [1.165, 1.54) is 0 Å². The molecule has 0 bridgehead atoms. The van der Waals surface area contributed by atoms with E-state index in [2.05, 4.69) is 21.9 Å². The zero-order chi connectivity index (χ0) is 11.1. The molecular weight excluding hydrogens is 192 g/mol. The lowest BCUT2D eigenvalue weighted by Gasteiger charge is -2.02. The van der Waals surface area contributed by atoms with Gasteiger partial charge < -0.3 is 9.67 Å². The summed E-state index contributed by atoms with van der Waals surface area (Å²) in [6, 6.07) is 5.55. The molecule has 0 aromatic carbocycles. The molecule has 0 saturated carbocycles. The lowest BCUT2D eigenvalue weighted by atomic mass is 10.4. The van der Waals surface area contributed by atoms with Crippen LogP contribution >= 0.6 is 0 Å². The second kappa shape index (κ2) is 5.87. The van der Waals surface area contributed by atoms with Crippen LogP contribution in [0.4, 0.5) is 0 Å². The Bertz CT molecular complexity index is 419. The van der Waals surface area contributed by atoms with E-state index in [4.69, 9.17) is 5.11 Å².